The molecular weight excluding hydrogens is 307 g/mol. The number of hydrogen-bond donors (Lipinski definition) is 2. The van der Waals surface area contributed by atoms with Gasteiger partial charge < -0.3 is 0 Å². The average molecular weight is 317 g/mol. The first-order chi connectivity index (χ1) is 10.6. The van der Waals surface area contributed by atoms with Crippen LogP contribution in [-0.2, 0) is 0 Å². The molecule has 1 heterocycles. The van der Waals surface area contributed by atoms with E-state index in [2.05, 4.69) is 20.4 Å². The highest BCUT2D eigenvalue weighted by atomic mass is 35.5. The van der Waals surface area contributed by atoms with E-state index in [0.29, 0.717) is 16.3 Å². The number of H-pyrrole nitrogens is 2. The number of aromatic nitrogens is 2. The maximum atomic E-state index is 13.5. The first kappa shape index (κ1) is 14.2. The molecule has 0 unspecified atom stereocenters. The lowest BCUT2D eigenvalue weighted by atomic mass is 10.1. The van der Waals surface area contributed by atoms with E-state index in [1.807, 2.05) is 0 Å². The highest BCUT2D eigenvalue weighted by Gasteiger charge is 2.11. The number of nitrogens with one attached hydrogen (secondary N) is 2. The van der Waals surface area contributed by atoms with Gasteiger partial charge in [0.15, 0.2) is 11.5 Å². The molecule has 0 saturated carbocycles. The first-order valence-electron chi connectivity index (χ1n) is 6.38. The molecule has 0 aliphatic carbocycles. The van der Waals surface area contributed by atoms with Gasteiger partial charge in [0.1, 0.15) is 5.69 Å². The summed E-state index contributed by atoms with van der Waals surface area (Å²) < 4.78 is 13.5. The molecule has 0 aliphatic heterocycles. The summed E-state index contributed by atoms with van der Waals surface area (Å²) in [5.41, 5.74) is 0.868. The van der Waals surface area contributed by atoms with Crippen LogP contribution in [0, 0.1) is 5.82 Å². The van der Waals surface area contributed by atoms with E-state index < -0.39 is 11.4 Å². The van der Waals surface area contributed by atoms with Crippen LogP contribution >= 0.6 is 11.6 Å². The van der Waals surface area contributed by atoms with Crippen molar-refractivity contribution in [2.24, 2.45) is 10.2 Å². The Hall–Kier alpha value is -2.73. The Bertz CT molecular complexity index is 883. The summed E-state index contributed by atoms with van der Waals surface area (Å²) in [5.74, 6) is -0.508. The summed E-state index contributed by atoms with van der Waals surface area (Å²) in [5, 5.41) is 13.4. The van der Waals surface area contributed by atoms with Crippen molar-refractivity contribution >= 4 is 23.0 Å². The Morgan fingerprint density at radius 2 is 1.68 bits per heavy atom. The molecule has 3 aromatic rings. The van der Waals surface area contributed by atoms with Crippen molar-refractivity contribution in [2.75, 3.05) is 0 Å². The van der Waals surface area contributed by atoms with Gasteiger partial charge in [-0.3, -0.25) is 15.0 Å². The fourth-order valence-corrected chi connectivity index (χ4v) is 2.03. The highest BCUT2D eigenvalue weighted by molar-refractivity contribution is 6.30. The van der Waals surface area contributed by atoms with Crippen LogP contribution in [0.1, 0.15) is 0 Å². The van der Waals surface area contributed by atoms with E-state index in [9.17, 15) is 9.18 Å². The molecule has 2 N–H and O–H groups in total. The molecule has 0 aliphatic rings. The smallest absolute Gasteiger partial charge is 0.292 e. The molecule has 22 heavy (non-hydrogen) atoms. The second-order valence-electron chi connectivity index (χ2n) is 4.46. The quantitative estimate of drug-likeness (QED) is 0.682. The second-order valence-corrected chi connectivity index (χ2v) is 4.90. The first-order valence-corrected chi connectivity index (χ1v) is 6.76. The van der Waals surface area contributed by atoms with Gasteiger partial charge in [0.25, 0.3) is 5.56 Å². The maximum Gasteiger partial charge on any atom is 0.292 e. The highest BCUT2D eigenvalue weighted by Crippen LogP contribution is 2.28. The molecule has 3 rings (SSSR count). The minimum absolute atomic E-state index is 0.0603. The third-order valence-electron chi connectivity index (χ3n) is 3.00. The minimum Gasteiger partial charge on any atom is -0.295 e. The number of aromatic amines is 2. The molecule has 0 saturated heterocycles. The molecule has 0 atom stereocenters. The molecule has 0 bridgehead atoms. The molecule has 7 heteroatoms. The minimum atomic E-state index is -0.508. The lowest BCUT2D eigenvalue weighted by Gasteiger charge is -1.99. The van der Waals surface area contributed by atoms with Crippen molar-refractivity contribution in [2.45, 2.75) is 0 Å². The number of benzene rings is 2. The molecule has 5 nitrogen and oxygen atoms in total. The van der Waals surface area contributed by atoms with Gasteiger partial charge in [-0.05, 0) is 24.3 Å². The van der Waals surface area contributed by atoms with E-state index in [0.717, 1.165) is 0 Å². The van der Waals surface area contributed by atoms with E-state index in [-0.39, 0.29) is 11.4 Å². The van der Waals surface area contributed by atoms with Gasteiger partial charge in [-0.25, -0.2) is 4.39 Å². The number of rotatable bonds is 3. The zero-order valence-corrected chi connectivity index (χ0v) is 11.9. The van der Waals surface area contributed by atoms with E-state index in [1.165, 1.54) is 12.1 Å². The van der Waals surface area contributed by atoms with Gasteiger partial charge in [0, 0.05) is 10.6 Å². The number of nitrogens with zero attached hydrogens (tertiary/aromatic N) is 2. The number of halogens is 2. The monoisotopic (exact) mass is 316 g/mol. The van der Waals surface area contributed by atoms with Crippen molar-refractivity contribution in [1.29, 1.82) is 0 Å². The van der Waals surface area contributed by atoms with Gasteiger partial charge in [-0.2, -0.15) is 0 Å². The van der Waals surface area contributed by atoms with Crippen LogP contribution in [0.4, 0.5) is 15.8 Å². The Kier molecular flexibility index (Phi) is 3.84. The van der Waals surface area contributed by atoms with Crippen LogP contribution in [0.2, 0.25) is 5.02 Å². The third kappa shape index (κ3) is 2.82. The molecule has 2 aromatic carbocycles. The lowest BCUT2D eigenvalue weighted by Crippen LogP contribution is -1.96. The normalized spacial score (nSPS) is 11.2. The molecule has 0 radical (unpaired) electrons. The van der Waals surface area contributed by atoms with Crippen molar-refractivity contribution in [3.8, 4) is 11.3 Å². The van der Waals surface area contributed by atoms with Gasteiger partial charge >= 0.3 is 0 Å². The topological polar surface area (TPSA) is 73.4 Å². The van der Waals surface area contributed by atoms with Crippen molar-refractivity contribution < 1.29 is 4.39 Å². The Morgan fingerprint density at radius 3 is 2.41 bits per heavy atom. The Balaban J connectivity index is 2.01. The van der Waals surface area contributed by atoms with Gasteiger partial charge in [-0.1, -0.05) is 35.9 Å². The summed E-state index contributed by atoms with van der Waals surface area (Å²) in [4.78, 5) is 11.8. The largest absolute Gasteiger partial charge is 0.295 e. The maximum absolute atomic E-state index is 13.5. The van der Waals surface area contributed by atoms with E-state index in [1.54, 1.807) is 36.4 Å². The van der Waals surface area contributed by atoms with Crippen LogP contribution in [0.5, 0.6) is 0 Å². The van der Waals surface area contributed by atoms with E-state index in [4.69, 9.17) is 11.6 Å². The molecule has 110 valence electrons. The Morgan fingerprint density at radius 1 is 0.955 bits per heavy atom. The molecule has 0 fully saturated rings. The van der Waals surface area contributed by atoms with Crippen molar-refractivity contribution in [3.05, 3.63) is 69.7 Å². The molecule has 0 amide bonds. The van der Waals surface area contributed by atoms with Crippen molar-refractivity contribution in [1.82, 2.24) is 10.2 Å². The predicted molar refractivity (Wildman–Crippen MR) is 82.4 cm³/mol. The van der Waals surface area contributed by atoms with Crippen LogP contribution < -0.4 is 5.56 Å². The zero-order chi connectivity index (χ0) is 15.5. The fourth-order valence-electron chi connectivity index (χ4n) is 1.91. The SMILES string of the molecule is O=c1[nH][nH]c(-c2ccc(Cl)cc2)c1N=Nc1ccccc1F. The van der Waals surface area contributed by atoms with E-state index >= 15 is 0 Å². The predicted octanol–water partition coefficient (Wildman–Crippen LogP) is 4.58. The van der Waals surface area contributed by atoms with Crippen LogP contribution in [0.3, 0.4) is 0 Å². The van der Waals surface area contributed by atoms with Crippen LogP contribution in [0.15, 0.2) is 63.6 Å². The number of hydrogen-bond acceptors (Lipinski definition) is 3. The summed E-state index contributed by atoms with van der Waals surface area (Å²) >= 11 is 5.84. The fraction of sp³-hybridized carbons (Fsp3) is 0. The zero-order valence-electron chi connectivity index (χ0n) is 11.2. The summed E-state index contributed by atoms with van der Waals surface area (Å²) in [6.45, 7) is 0. The molecular formula is C15H10ClFN4O. The van der Waals surface area contributed by atoms with Gasteiger partial charge in [0.05, 0.1) is 5.69 Å². The standard InChI is InChI=1S/C15H10ClFN4O/c16-10-7-5-9(6-8-10)13-14(15(22)21-19-13)20-18-12-4-2-1-3-11(12)17/h1-8H,(H2,19,21,22). The van der Waals surface area contributed by atoms with Crippen molar-refractivity contribution in [3.63, 3.8) is 0 Å². The summed E-state index contributed by atoms with van der Waals surface area (Å²) in [7, 11) is 0. The molecule has 0 spiro atoms. The number of azo groups is 1. The van der Waals surface area contributed by atoms with Crippen LogP contribution in [0.25, 0.3) is 11.3 Å². The van der Waals surface area contributed by atoms with Gasteiger partial charge in [0.2, 0.25) is 0 Å². The lowest BCUT2D eigenvalue weighted by molar-refractivity contribution is 0.628. The summed E-state index contributed by atoms with van der Waals surface area (Å²) in [6, 6.07) is 12.8. The Labute approximate surface area is 129 Å². The third-order valence-corrected chi connectivity index (χ3v) is 3.25. The molecule has 1 aromatic heterocycles. The second kappa shape index (κ2) is 5.95. The van der Waals surface area contributed by atoms with Gasteiger partial charge in [-0.15, -0.1) is 10.2 Å². The average Bonchev–Trinajstić information content (AvgIpc) is 2.88. The van der Waals surface area contributed by atoms with Crippen LogP contribution in [-0.4, -0.2) is 10.2 Å². The summed E-state index contributed by atoms with van der Waals surface area (Å²) in [6.07, 6.45) is 0.